The van der Waals surface area contributed by atoms with Crippen LogP contribution < -0.4 is 9.47 Å². The molecule has 3 fully saturated rings. The number of carbonyl (C=O) groups is 4. The molecule has 0 bridgehead atoms. The minimum absolute atomic E-state index is 0.0129. The maximum atomic E-state index is 14.9. The van der Waals surface area contributed by atoms with Crippen molar-refractivity contribution < 1.29 is 33.4 Å². The number of hydrogen-bond acceptors (Lipinski definition) is 7. The zero-order valence-corrected chi connectivity index (χ0v) is 34.4. The number of hydrogen-bond donors (Lipinski definition) is 0. The van der Waals surface area contributed by atoms with Crippen LogP contribution >= 0.6 is 0 Å². The number of carbonyl (C=O) groups excluding carboxylic acids is 4. The number of rotatable bonds is 16. The standard InChI is InChI=1S/C48H62O7/c1-10-34-26-48(34,30(5)49)27-43(50)39-23-37(24-41(39)46(52)42(47(6,7)8)25-45(51)55-35-13-11-12-14-35)54-44-21-33(32-16-15-31(19-32)17-28(2)3)20-38-29(4)18-36(53-9)22-40(38)44/h10,16,18-22,28,34-35,37,39,41-42H,1,11-15,17,23-27H2,2-9H3. The highest BCUT2D eigenvalue weighted by Gasteiger charge is 2.59. The fourth-order valence-electron chi connectivity index (χ4n) is 9.66. The maximum absolute atomic E-state index is 14.9. The zero-order chi connectivity index (χ0) is 39.8. The fourth-order valence-corrected chi connectivity index (χ4v) is 9.66. The predicted molar refractivity (Wildman–Crippen MR) is 218 cm³/mol. The molecule has 3 saturated carbocycles. The summed E-state index contributed by atoms with van der Waals surface area (Å²) in [6.45, 7) is 18.0. The molecule has 0 aromatic heterocycles. The third-order valence-corrected chi connectivity index (χ3v) is 13.0. The molecule has 0 amide bonds. The second-order valence-corrected chi connectivity index (χ2v) is 18.5. The van der Waals surface area contributed by atoms with Gasteiger partial charge in [0.05, 0.1) is 13.5 Å². The molecule has 0 radical (unpaired) electrons. The minimum atomic E-state index is -0.755. The molecule has 0 spiro atoms. The summed E-state index contributed by atoms with van der Waals surface area (Å²) in [5.41, 5.74) is 3.41. The second-order valence-electron chi connectivity index (χ2n) is 18.5. The number of aryl methyl sites for hydroxylation is 1. The number of methoxy groups -OCH3 is 1. The minimum Gasteiger partial charge on any atom is -0.497 e. The van der Waals surface area contributed by atoms with E-state index in [4.69, 9.17) is 14.2 Å². The van der Waals surface area contributed by atoms with Crippen molar-refractivity contribution in [2.45, 2.75) is 131 Å². The lowest BCUT2D eigenvalue weighted by Gasteiger charge is -2.32. The average molecular weight is 751 g/mol. The first-order valence-electron chi connectivity index (χ1n) is 20.6. The van der Waals surface area contributed by atoms with Gasteiger partial charge in [0.1, 0.15) is 41.1 Å². The molecule has 4 aliphatic carbocycles. The summed E-state index contributed by atoms with van der Waals surface area (Å²) in [7, 11) is 1.66. The van der Waals surface area contributed by atoms with Gasteiger partial charge in [0, 0.05) is 35.0 Å². The number of Topliss-reactive ketones (excluding diaryl/α,β-unsaturated/α-hetero) is 3. The van der Waals surface area contributed by atoms with Gasteiger partial charge in [-0.15, -0.1) is 6.58 Å². The molecule has 296 valence electrons. The number of esters is 1. The SMILES string of the molecule is C=CC1CC1(CC(=O)C1CC(Oc2cc(C3=CCC(CC(C)C)=C3)cc3c(C)cc(OC)cc23)CC1C(=O)C(CC(=O)OC1CCCC1)C(C)(C)C)C(C)=O. The van der Waals surface area contributed by atoms with Crippen LogP contribution in [0.5, 0.6) is 11.5 Å². The molecular formula is C48H62O7. The number of benzene rings is 2. The summed E-state index contributed by atoms with van der Waals surface area (Å²) in [5.74, 6) is -0.537. The van der Waals surface area contributed by atoms with Crippen molar-refractivity contribution >= 4 is 39.7 Å². The van der Waals surface area contributed by atoms with Gasteiger partial charge in [0.15, 0.2) is 0 Å². The van der Waals surface area contributed by atoms with Crippen LogP contribution in [0.15, 0.2) is 54.6 Å². The van der Waals surface area contributed by atoms with Gasteiger partial charge in [-0.3, -0.25) is 19.2 Å². The van der Waals surface area contributed by atoms with E-state index in [-0.39, 0.29) is 48.2 Å². The van der Waals surface area contributed by atoms with Crippen molar-refractivity contribution in [3.63, 3.8) is 0 Å². The monoisotopic (exact) mass is 750 g/mol. The van der Waals surface area contributed by atoms with Crippen LogP contribution in [0.25, 0.3) is 16.3 Å². The molecule has 55 heavy (non-hydrogen) atoms. The van der Waals surface area contributed by atoms with Crippen LogP contribution in [0.3, 0.4) is 0 Å². The maximum Gasteiger partial charge on any atom is 0.306 e. The van der Waals surface area contributed by atoms with E-state index in [1.54, 1.807) is 20.1 Å². The van der Waals surface area contributed by atoms with Gasteiger partial charge in [0.2, 0.25) is 0 Å². The third kappa shape index (κ3) is 8.86. The molecular weight excluding hydrogens is 689 g/mol. The number of ketones is 3. The zero-order valence-electron chi connectivity index (χ0n) is 34.4. The summed E-state index contributed by atoms with van der Waals surface area (Å²) in [4.78, 5) is 55.6. The van der Waals surface area contributed by atoms with Gasteiger partial charge >= 0.3 is 5.97 Å². The van der Waals surface area contributed by atoms with Gasteiger partial charge in [0.25, 0.3) is 0 Å². The van der Waals surface area contributed by atoms with Crippen LogP contribution in [0.2, 0.25) is 0 Å². The molecule has 2 aromatic carbocycles. The molecule has 2 aromatic rings. The quantitative estimate of drug-likeness (QED) is 0.124. The molecule has 7 nitrogen and oxygen atoms in total. The van der Waals surface area contributed by atoms with E-state index < -0.39 is 34.7 Å². The molecule has 0 saturated heterocycles. The average Bonchev–Trinajstić information content (AvgIpc) is 3.53. The molecule has 0 aliphatic heterocycles. The second kappa shape index (κ2) is 16.2. The highest BCUT2D eigenvalue weighted by atomic mass is 16.5. The Kier molecular flexibility index (Phi) is 12.0. The van der Waals surface area contributed by atoms with Crippen molar-refractivity contribution in [3.05, 3.63) is 65.8 Å². The van der Waals surface area contributed by atoms with Crippen molar-refractivity contribution in [3.8, 4) is 11.5 Å². The van der Waals surface area contributed by atoms with Crippen LogP contribution in [0, 0.1) is 47.3 Å². The van der Waals surface area contributed by atoms with Gasteiger partial charge in [-0.05, 0) is 135 Å². The summed E-state index contributed by atoms with van der Waals surface area (Å²) >= 11 is 0. The lowest BCUT2D eigenvalue weighted by atomic mass is 9.70. The number of allylic oxidation sites excluding steroid dienone is 5. The van der Waals surface area contributed by atoms with E-state index in [2.05, 4.69) is 51.6 Å². The van der Waals surface area contributed by atoms with E-state index in [1.165, 1.54) is 11.1 Å². The predicted octanol–water partition coefficient (Wildman–Crippen LogP) is 10.5. The first-order valence-corrected chi connectivity index (χ1v) is 20.6. The van der Waals surface area contributed by atoms with Crippen LogP contribution in [0.1, 0.15) is 123 Å². The summed E-state index contributed by atoms with van der Waals surface area (Å²) in [6.07, 6.45) is 12.9. The molecule has 6 unspecified atom stereocenters. The lowest BCUT2D eigenvalue weighted by Crippen LogP contribution is -2.39. The van der Waals surface area contributed by atoms with Crippen molar-refractivity contribution in [1.82, 2.24) is 0 Å². The van der Waals surface area contributed by atoms with E-state index in [9.17, 15) is 19.2 Å². The fraction of sp³-hybridized carbons (Fsp3) is 0.583. The summed E-state index contributed by atoms with van der Waals surface area (Å²) < 4.78 is 18.5. The Bertz CT molecular complexity index is 1900. The molecule has 0 heterocycles. The Morgan fingerprint density at radius 3 is 2.31 bits per heavy atom. The van der Waals surface area contributed by atoms with Gasteiger partial charge in [-0.1, -0.05) is 58.4 Å². The third-order valence-electron chi connectivity index (χ3n) is 13.0. The Morgan fingerprint density at radius 2 is 1.69 bits per heavy atom. The van der Waals surface area contributed by atoms with E-state index in [0.717, 1.165) is 66.2 Å². The highest BCUT2D eigenvalue weighted by molar-refractivity contribution is 5.98. The van der Waals surface area contributed by atoms with Crippen molar-refractivity contribution in [2.75, 3.05) is 7.11 Å². The Hall–Kier alpha value is -4.00. The van der Waals surface area contributed by atoms with Gasteiger partial charge in [-0.2, -0.15) is 0 Å². The molecule has 7 heteroatoms. The summed E-state index contributed by atoms with van der Waals surface area (Å²) in [5, 5.41) is 1.96. The number of ether oxygens (including phenoxy) is 3. The number of fused-ring (bicyclic) bond motifs is 1. The lowest BCUT2D eigenvalue weighted by molar-refractivity contribution is -0.154. The van der Waals surface area contributed by atoms with E-state index in [1.807, 2.05) is 32.9 Å². The Labute approximate surface area is 328 Å². The largest absolute Gasteiger partial charge is 0.497 e. The van der Waals surface area contributed by atoms with E-state index in [0.29, 0.717) is 30.9 Å². The first-order chi connectivity index (χ1) is 26.0. The summed E-state index contributed by atoms with van der Waals surface area (Å²) in [6, 6.07) is 8.34. The Morgan fingerprint density at radius 1 is 0.982 bits per heavy atom. The molecule has 0 N–H and O–H groups in total. The van der Waals surface area contributed by atoms with Crippen molar-refractivity contribution in [2.24, 2.45) is 40.4 Å². The highest BCUT2D eigenvalue weighted by Crippen LogP contribution is 2.58. The normalized spacial score (nSPS) is 25.8. The van der Waals surface area contributed by atoms with Gasteiger partial charge in [-0.25, -0.2) is 0 Å². The first kappa shape index (κ1) is 40.7. The topological polar surface area (TPSA) is 96.0 Å². The molecule has 6 rings (SSSR count). The smallest absolute Gasteiger partial charge is 0.306 e. The van der Waals surface area contributed by atoms with Crippen LogP contribution in [-0.2, 0) is 23.9 Å². The van der Waals surface area contributed by atoms with Crippen LogP contribution in [0.4, 0.5) is 0 Å². The van der Waals surface area contributed by atoms with Crippen LogP contribution in [-0.4, -0.2) is 42.6 Å². The Balaban J connectivity index is 1.34. The molecule has 6 atom stereocenters. The molecule has 4 aliphatic rings. The van der Waals surface area contributed by atoms with E-state index >= 15 is 0 Å². The van der Waals surface area contributed by atoms with Gasteiger partial charge < -0.3 is 14.2 Å². The van der Waals surface area contributed by atoms with Crippen molar-refractivity contribution in [1.29, 1.82) is 0 Å².